The molecule has 5 rings (SSSR count). The molecule has 0 bridgehead atoms. The summed E-state index contributed by atoms with van der Waals surface area (Å²) in [6.07, 6.45) is 3.10. The number of methoxy groups -OCH3 is 1. The molecule has 3 saturated carbocycles. The zero-order valence-electron chi connectivity index (χ0n) is 34.8. The zero-order chi connectivity index (χ0) is 46.1. The van der Waals surface area contributed by atoms with Crippen molar-refractivity contribution in [3.63, 3.8) is 0 Å². The standard InChI is InChI=1S/C40H49N3O20/c1-38-15-13-26(44)20-25(38)10-11-28-29-14-16-40(39(29,2)21-30(45)35(28)38,62-34(47)8-6-18-59-41(50)51)33(46)23-58-37(49)61-31-12-9-24(19-32(31)56-3)36(48)57-17-5-4-7-27(63-43(54)55)22-60-42(52)53/h9,12-13,15,19-20,27-30,35,45H,4-8,10-11,14,16-18,21-23H2,1-3H3/t27?,28?,29?,30-,35+,38-,39-,40-/m0/s1. The van der Waals surface area contributed by atoms with Crippen LogP contribution in [-0.4, -0.2) is 101 Å². The van der Waals surface area contributed by atoms with Gasteiger partial charge in [0, 0.05) is 23.2 Å². The topological polar surface area (TPSA) is 309 Å². The van der Waals surface area contributed by atoms with Crippen molar-refractivity contribution in [3.8, 4) is 11.5 Å². The van der Waals surface area contributed by atoms with Gasteiger partial charge in [-0.05, 0) is 100.0 Å². The molecule has 0 spiro atoms. The maximum absolute atomic E-state index is 14.4. The predicted molar refractivity (Wildman–Crippen MR) is 208 cm³/mol. The summed E-state index contributed by atoms with van der Waals surface area (Å²) in [5, 5.41) is 40.4. The van der Waals surface area contributed by atoms with Gasteiger partial charge in [-0.25, -0.2) is 9.59 Å². The molecular weight excluding hydrogens is 842 g/mol. The van der Waals surface area contributed by atoms with E-state index in [-0.39, 0.29) is 92.2 Å². The third-order valence-electron chi connectivity index (χ3n) is 12.7. The van der Waals surface area contributed by atoms with E-state index in [2.05, 4.69) is 14.5 Å². The van der Waals surface area contributed by atoms with Gasteiger partial charge < -0.3 is 43.3 Å². The van der Waals surface area contributed by atoms with Crippen molar-refractivity contribution < 1.29 is 82.5 Å². The normalized spacial score (nSPS) is 27.2. The summed E-state index contributed by atoms with van der Waals surface area (Å²) in [5.74, 6) is -3.53. The van der Waals surface area contributed by atoms with Crippen LogP contribution in [0.2, 0.25) is 0 Å². The summed E-state index contributed by atoms with van der Waals surface area (Å²) >= 11 is 0. The number of nitrogens with zero attached hydrogens (tertiary/aromatic N) is 3. The van der Waals surface area contributed by atoms with Crippen molar-refractivity contribution in [2.75, 3.05) is 33.5 Å². The van der Waals surface area contributed by atoms with Gasteiger partial charge in [-0.1, -0.05) is 25.5 Å². The summed E-state index contributed by atoms with van der Waals surface area (Å²) in [6.45, 7) is 1.66. The van der Waals surface area contributed by atoms with Gasteiger partial charge in [0.25, 0.3) is 15.3 Å². The number of rotatable bonds is 22. The highest BCUT2D eigenvalue weighted by Gasteiger charge is 2.70. The first-order valence-electron chi connectivity index (χ1n) is 20.3. The molecule has 8 atom stereocenters. The Labute approximate surface area is 359 Å². The number of fused-ring (bicyclic) bond motifs is 5. The van der Waals surface area contributed by atoms with Crippen LogP contribution in [0.5, 0.6) is 11.5 Å². The van der Waals surface area contributed by atoms with Crippen LogP contribution in [-0.2, 0) is 43.1 Å². The number of aliphatic hydroxyl groups is 1. The Morgan fingerprint density at radius 3 is 2.38 bits per heavy atom. The minimum absolute atomic E-state index is 0.00535. The molecular formula is C40H49N3O20. The highest BCUT2D eigenvalue weighted by atomic mass is 17.0. The fourth-order valence-corrected chi connectivity index (χ4v) is 9.99. The van der Waals surface area contributed by atoms with Crippen LogP contribution in [0, 0.1) is 58.9 Å². The molecule has 0 aromatic heterocycles. The number of ether oxygens (including phenoxy) is 5. The first-order chi connectivity index (χ1) is 29.8. The average Bonchev–Trinajstić information content (AvgIpc) is 3.51. The van der Waals surface area contributed by atoms with Crippen molar-refractivity contribution in [2.45, 2.75) is 95.9 Å². The number of benzene rings is 1. The Morgan fingerprint density at radius 1 is 0.937 bits per heavy atom. The molecule has 3 unspecified atom stereocenters. The molecule has 23 nitrogen and oxygen atoms in total. The number of carbonyl (C=O) groups is 5. The Hall–Kier alpha value is -6.39. The van der Waals surface area contributed by atoms with Crippen molar-refractivity contribution in [1.82, 2.24) is 0 Å². The van der Waals surface area contributed by atoms with Gasteiger partial charge in [-0.3, -0.25) is 14.4 Å². The van der Waals surface area contributed by atoms with Gasteiger partial charge in [-0.2, -0.15) is 0 Å². The van der Waals surface area contributed by atoms with E-state index < -0.39 is 87.6 Å². The van der Waals surface area contributed by atoms with Crippen LogP contribution < -0.4 is 9.47 Å². The second kappa shape index (κ2) is 20.2. The van der Waals surface area contributed by atoms with Crippen molar-refractivity contribution in [2.24, 2.45) is 28.6 Å². The summed E-state index contributed by atoms with van der Waals surface area (Å²) in [4.78, 5) is 110. The van der Waals surface area contributed by atoms with Crippen LogP contribution in [0.3, 0.4) is 0 Å². The van der Waals surface area contributed by atoms with E-state index in [4.69, 9.17) is 23.7 Å². The molecule has 1 N–H and O–H groups in total. The number of esters is 2. The number of allylic oxidation sites excluding steroid dienone is 4. The van der Waals surface area contributed by atoms with Gasteiger partial charge >= 0.3 is 18.1 Å². The van der Waals surface area contributed by atoms with Gasteiger partial charge in [0.2, 0.25) is 5.78 Å². The van der Waals surface area contributed by atoms with E-state index in [1.54, 1.807) is 13.0 Å². The second-order valence-electron chi connectivity index (χ2n) is 16.2. The monoisotopic (exact) mass is 891 g/mol. The number of carbonyl (C=O) groups excluding carboxylic acids is 5. The third kappa shape index (κ3) is 10.8. The molecule has 4 aliphatic rings. The van der Waals surface area contributed by atoms with Crippen LogP contribution >= 0.6 is 0 Å². The molecule has 0 aliphatic heterocycles. The van der Waals surface area contributed by atoms with Crippen molar-refractivity contribution in [1.29, 1.82) is 0 Å². The largest absolute Gasteiger partial charge is 0.514 e. The smallest absolute Gasteiger partial charge is 0.493 e. The first-order valence-corrected chi connectivity index (χ1v) is 20.3. The summed E-state index contributed by atoms with van der Waals surface area (Å²) < 4.78 is 27.2. The van der Waals surface area contributed by atoms with E-state index >= 15 is 0 Å². The highest BCUT2D eigenvalue weighted by Crippen LogP contribution is 2.68. The molecule has 1 aromatic carbocycles. The Bertz CT molecular complexity index is 2020. The lowest BCUT2D eigenvalue weighted by atomic mass is 9.46. The maximum atomic E-state index is 14.4. The summed E-state index contributed by atoms with van der Waals surface area (Å²) in [7, 11) is 1.23. The predicted octanol–water partition coefficient (Wildman–Crippen LogP) is 4.44. The van der Waals surface area contributed by atoms with Crippen LogP contribution in [0.1, 0.15) is 88.4 Å². The van der Waals surface area contributed by atoms with E-state index in [1.807, 2.05) is 13.0 Å². The molecule has 0 heterocycles. The first kappa shape index (κ1) is 47.7. The summed E-state index contributed by atoms with van der Waals surface area (Å²) in [5.41, 5.74) is -2.73. The number of hydrogen-bond acceptors (Lipinski definition) is 20. The van der Waals surface area contributed by atoms with Crippen molar-refractivity contribution in [3.05, 3.63) is 77.9 Å². The molecule has 344 valence electrons. The van der Waals surface area contributed by atoms with Crippen LogP contribution in [0.4, 0.5) is 4.79 Å². The zero-order valence-corrected chi connectivity index (χ0v) is 34.8. The molecule has 0 radical (unpaired) electrons. The Kier molecular flexibility index (Phi) is 15.3. The molecule has 0 saturated heterocycles. The van der Waals surface area contributed by atoms with Gasteiger partial charge in [-0.15, -0.1) is 30.3 Å². The second-order valence-corrected chi connectivity index (χ2v) is 16.2. The van der Waals surface area contributed by atoms with Gasteiger partial charge in [0.15, 0.2) is 29.5 Å². The molecule has 3 fully saturated rings. The summed E-state index contributed by atoms with van der Waals surface area (Å²) in [6, 6.07) is 3.68. The fraction of sp³-hybridized carbons (Fsp3) is 0.625. The molecule has 0 amide bonds. The highest BCUT2D eigenvalue weighted by molar-refractivity contribution is 6.01. The maximum Gasteiger partial charge on any atom is 0.514 e. The SMILES string of the molecule is COc1cc(C(=O)OCCCCC(CO[N+](=O)[O-])O[N+](=O)[O-])ccc1OC(=O)OCC(=O)[C@@]1(OC(=O)CCCO[N+](=O)[O-])CCC2C3CCC4=CC(=O)C=C[C@]4(C)[C@H]3[C@@H](O)C[C@@]21C. The minimum Gasteiger partial charge on any atom is -0.493 e. The van der Waals surface area contributed by atoms with Gasteiger partial charge in [0.1, 0.15) is 12.7 Å². The number of hydrogen-bond donors (Lipinski definition) is 1. The molecule has 4 aliphatic carbocycles. The lowest BCUT2D eigenvalue weighted by Gasteiger charge is -2.59. The van der Waals surface area contributed by atoms with Gasteiger partial charge in [0.05, 0.1) is 32.0 Å². The lowest BCUT2D eigenvalue weighted by molar-refractivity contribution is -0.790. The minimum atomic E-state index is -1.88. The van der Waals surface area contributed by atoms with Crippen LogP contribution in [0.25, 0.3) is 0 Å². The van der Waals surface area contributed by atoms with E-state index in [1.165, 1.54) is 31.4 Å². The molecule has 23 heteroatoms. The number of unbranched alkanes of at least 4 members (excludes halogenated alkanes) is 1. The number of ketones is 2. The Morgan fingerprint density at radius 2 is 1.68 bits per heavy atom. The lowest BCUT2D eigenvalue weighted by Crippen LogP contribution is -2.63. The average molecular weight is 892 g/mol. The van der Waals surface area contributed by atoms with E-state index in [0.717, 1.165) is 5.57 Å². The quantitative estimate of drug-likeness (QED) is 0.0420. The van der Waals surface area contributed by atoms with Crippen molar-refractivity contribution >= 4 is 29.7 Å². The van der Waals surface area contributed by atoms with E-state index in [9.17, 15) is 59.4 Å². The Balaban J connectivity index is 1.23. The number of aliphatic hydroxyl groups excluding tert-OH is 1. The molecule has 63 heavy (non-hydrogen) atoms. The van der Waals surface area contributed by atoms with E-state index in [0.29, 0.717) is 19.3 Å². The third-order valence-corrected chi connectivity index (χ3v) is 12.7. The molecule has 1 aromatic rings. The van der Waals surface area contributed by atoms with Crippen LogP contribution in [0.15, 0.2) is 42.0 Å². The number of Topliss-reactive ketones (excluding diaryl/α,β-unsaturated/α-hetero) is 1. The fourth-order valence-electron chi connectivity index (χ4n) is 9.99.